The molecule has 0 bridgehead atoms. The van der Waals surface area contributed by atoms with Crippen LogP contribution in [0.5, 0.6) is 5.75 Å². The third kappa shape index (κ3) is 2.57. The SMILES string of the molecule is COc1cccc(C(N)C2CC2)c1Cl.Cl. The van der Waals surface area contributed by atoms with Gasteiger partial charge in [0.15, 0.2) is 0 Å². The average Bonchev–Trinajstić information content (AvgIpc) is 3.00. The Morgan fingerprint density at radius 1 is 1.47 bits per heavy atom. The van der Waals surface area contributed by atoms with Crippen LogP contribution in [0.2, 0.25) is 5.02 Å². The van der Waals surface area contributed by atoms with E-state index in [1.54, 1.807) is 7.11 Å². The number of benzene rings is 1. The van der Waals surface area contributed by atoms with Gasteiger partial charge in [0.05, 0.1) is 12.1 Å². The molecule has 1 saturated carbocycles. The normalized spacial score (nSPS) is 16.7. The third-order valence-corrected chi connectivity index (χ3v) is 3.11. The summed E-state index contributed by atoms with van der Waals surface area (Å²) < 4.78 is 5.15. The van der Waals surface area contributed by atoms with Crippen LogP contribution in [0.3, 0.4) is 0 Å². The van der Waals surface area contributed by atoms with Gasteiger partial charge in [-0.3, -0.25) is 0 Å². The zero-order chi connectivity index (χ0) is 10.1. The van der Waals surface area contributed by atoms with E-state index in [-0.39, 0.29) is 18.4 Å². The van der Waals surface area contributed by atoms with Gasteiger partial charge < -0.3 is 10.5 Å². The first-order chi connectivity index (χ1) is 6.74. The Labute approximate surface area is 101 Å². The van der Waals surface area contributed by atoms with Crippen molar-refractivity contribution in [2.45, 2.75) is 18.9 Å². The maximum atomic E-state index is 6.17. The van der Waals surface area contributed by atoms with E-state index < -0.39 is 0 Å². The van der Waals surface area contributed by atoms with E-state index in [2.05, 4.69) is 0 Å². The molecule has 15 heavy (non-hydrogen) atoms. The molecule has 0 heterocycles. The summed E-state index contributed by atoms with van der Waals surface area (Å²) in [5, 5.41) is 0.661. The Balaban J connectivity index is 0.00000112. The molecule has 1 aliphatic rings. The molecule has 0 amide bonds. The molecule has 0 aromatic heterocycles. The van der Waals surface area contributed by atoms with Crippen LogP contribution in [0.25, 0.3) is 0 Å². The largest absolute Gasteiger partial charge is 0.495 e. The number of methoxy groups -OCH3 is 1. The van der Waals surface area contributed by atoms with Crippen LogP contribution < -0.4 is 10.5 Å². The van der Waals surface area contributed by atoms with Gasteiger partial charge in [0.2, 0.25) is 0 Å². The molecule has 0 aliphatic heterocycles. The lowest BCUT2D eigenvalue weighted by molar-refractivity contribution is 0.413. The highest BCUT2D eigenvalue weighted by Crippen LogP contribution is 2.43. The fourth-order valence-electron chi connectivity index (χ4n) is 1.65. The summed E-state index contributed by atoms with van der Waals surface area (Å²) in [7, 11) is 1.62. The number of ether oxygens (including phenoxy) is 1. The summed E-state index contributed by atoms with van der Waals surface area (Å²) in [4.78, 5) is 0. The number of nitrogens with two attached hydrogens (primary N) is 1. The second kappa shape index (κ2) is 5.06. The first-order valence-electron chi connectivity index (χ1n) is 4.82. The highest BCUT2D eigenvalue weighted by Gasteiger charge is 2.31. The predicted octanol–water partition coefficient (Wildman–Crippen LogP) is 3.18. The van der Waals surface area contributed by atoms with Crippen LogP contribution in [0, 0.1) is 5.92 Å². The van der Waals surface area contributed by atoms with E-state index in [1.165, 1.54) is 12.8 Å². The van der Waals surface area contributed by atoms with Crippen molar-refractivity contribution in [3.63, 3.8) is 0 Å². The fraction of sp³-hybridized carbons (Fsp3) is 0.455. The zero-order valence-electron chi connectivity index (χ0n) is 8.57. The van der Waals surface area contributed by atoms with Gasteiger partial charge in [0.25, 0.3) is 0 Å². The summed E-state index contributed by atoms with van der Waals surface area (Å²) >= 11 is 6.17. The molecule has 0 saturated heterocycles. The van der Waals surface area contributed by atoms with Crippen molar-refractivity contribution >= 4 is 24.0 Å². The average molecular weight is 248 g/mol. The van der Waals surface area contributed by atoms with Gasteiger partial charge in [-0.05, 0) is 30.4 Å². The molecule has 2 nitrogen and oxygen atoms in total. The van der Waals surface area contributed by atoms with Crippen molar-refractivity contribution in [2.75, 3.05) is 7.11 Å². The molecule has 2 rings (SSSR count). The molecule has 1 aliphatic carbocycles. The Hall–Kier alpha value is -0.440. The van der Waals surface area contributed by atoms with Crippen molar-refractivity contribution in [3.05, 3.63) is 28.8 Å². The van der Waals surface area contributed by atoms with Crippen molar-refractivity contribution in [1.29, 1.82) is 0 Å². The van der Waals surface area contributed by atoms with Gasteiger partial charge in [-0.15, -0.1) is 12.4 Å². The maximum Gasteiger partial charge on any atom is 0.137 e. The molecule has 1 fully saturated rings. The van der Waals surface area contributed by atoms with E-state index in [9.17, 15) is 0 Å². The van der Waals surface area contributed by atoms with Crippen molar-refractivity contribution < 1.29 is 4.74 Å². The molecule has 4 heteroatoms. The van der Waals surface area contributed by atoms with Gasteiger partial charge >= 0.3 is 0 Å². The van der Waals surface area contributed by atoms with E-state index in [1.807, 2.05) is 18.2 Å². The second-order valence-electron chi connectivity index (χ2n) is 3.73. The fourth-order valence-corrected chi connectivity index (χ4v) is 1.98. The van der Waals surface area contributed by atoms with Gasteiger partial charge in [-0.25, -0.2) is 0 Å². The number of hydrogen-bond acceptors (Lipinski definition) is 2. The first kappa shape index (κ1) is 12.6. The molecular weight excluding hydrogens is 233 g/mol. The van der Waals surface area contributed by atoms with Gasteiger partial charge in [0, 0.05) is 6.04 Å². The van der Waals surface area contributed by atoms with Crippen LogP contribution >= 0.6 is 24.0 Å². The van der Waals surface area contributed by atoms with Gasteiger partial charge in [0.1, 0.15) is 5.75 Å². The lowest BCUT2D eigenvalue weighted by atomic mass is 10.0. The first-order valence-corrected chi connectivity index (χ1v) is 5.20. The molecule has 0 radical (unpaired) electrons. The lowest BCUT2D eigenvalue weighted by Crippen LogP contribution is -2.13. The molecule has 1 atom stereocenters. The molecule has 0 spiro atoms. The minimum Gasteiger partial charge on any atom is -0.495 e. The Morgan fingerprint density at radius 2 is 2.13 bits per heavy atom. The Bertz CT molecular complexity index is 339. The zero-order valence-corrected chi connectivity index (χ0v) is 10.1. The third-order valence-electron chi connectivity index (χ3n) is 2.70. The quantitative estimate of drug-likeness (QED) is 0.891. The molecule has 1 unspecified atom stereocenters. The van der Waals surface area contributed by atoms with Crippen molar-refractivity contribution in [3.8, 4) is 5.75 Å². The topological polar surface area (TPSA) is 35.2 Å². The summed E-state index contributed by atoms with van der Waals surface area (Å²) in [5.41, 5.74) is 7.09. The van der Waals surface area contributed by atoms with E-state index >= 15 is 0 Å². The summed E-state index contributed by atoms with van der Waals surface area (Å²) in [5.74, 6) is 1.32. The molecule has 1 aromatic carbocycles. The summed E-state index contributed by atoms with van der Waals surface area (Å²) in [6.45, 7) is 0. The van der Waals surface area contributed by atoms with Crippen molar-refractivity contribution in [2.24, 2.45) is 11.7 Å². The highest BCUT2D eigenvalue weighted by atomic mass is 35.5. The maximum absolute atomic E-state index is 6.17. The Morgan fingerprint density at radius 3 is 2.67 bits per heavy atom. The standard InChI is InChI=1S/C11H14ClNO.ClH/c1-14-9-4-2-3-8(10(9)12)11(13)7-5-6-7;/h2-4,7,11H,5-6,13H2,1H3;1H. The molecule has 2 N–H and O–H groups in total. The summed E-state index contributed by atoms with van der Waals surface area (Å²) in [6, 6.07) is 5.83. The highest BCUT2D eigenvalue weighted by molar-refractivity contribution is 6.32. The van der Waals surface area contributed by atoms with Crippen LogP contribution in [0.1, 0.15) is 24.4 Å². The Kier molecular flexibility index (Phi) is 4.26. The van der Waals surface area contributed by atoms with E-state index in [0.717, 1.165) is 5.56 Å². The smallest absolute Gasteiger partial charge is 0.137 e. The predicted molar refractivity (Wildman–Crippen MR) is 64.9 cm³/mol. The molecule has 84 valence electrons. The monoisotopic (exact) mass is 247 g/mol. The number of halogens is 2. The number of rotatable bonds is 3. The van der Waals surface area contributed by atoms with Crippen LogP contribution in [-0.2, 0) is 0 Å². The van der Waals surface area contributed by atoms with E-state index in [4.69, 9.17) is 22.1 Å². The second-order valence-corrected chi connectivity index (χ2v) is 4.10. The minimum absolute atomic E-state index is 0. The van der Waals surface area contributed by atoms with Gasteiger partial charge in [-0.2, -0.15) is 0 Å². The van der Waals surface area contributed by atoms with Crippen LogP contribution in [-0.4, -0.2) is 7.11 Å². The van der Waals surface area contributed by atoms with Crippen molar-refractivity contribution in [1.82, 2.24) is 0 Å². The van der Waals surface area contributed by atoms with Gasteiger partial charge in [-0.1, -0.05) is 23.7 Å². The minimum atomic E-state index is 0. The van der Waals surface area contributed by atoms with Crippen LogP contribution in [0.4, 0.5) is 0 Å². The lowest BCUT2D eigenvalue weighted by Gasteiger charge is -2.14. The number of hydrogen-bond donors (Lipinski definition) is 1. The van der Waals surface area contributed by atoms with Crippen LogP contribution in [0.15, 0.2) is 18.2 Å². The summed E-state index contributed by atoms with van der Waals surface area (Å²) in [6.07, 6.45) is 2.43. The molecular formula is C11H15Cl2NO. The molecule has 1 aromatic rings. The van der Waals surface area contributed by atoms with E-state index in [0.29, 0.717) is 16.7 Å².